The zero-order valence-electron chi connectivity index (χ0n) is 15.7. The Balaban J connectivity index is 1.36. The van der Waals surface area contributed by atoms with E-state index in [2.05, 4.69) is 17.7 Å². The van der Waals surface area contributed by atoms with Crippen LogP contribution >= 0.6 is 11.8 Å². The highest BCUT2D eigenvalue weighted by Gasteiger charge is 2.52. The lowest BCUT2D eigenvalue weighted by Crippen LogP contribution is -2.51. The van der Waals surface area contributed by atoms with Gasteiger partial charge in [-0.1, -0.05) is 37.3 Å². The Morgan fingerprint density at radius 3 is 2.64 bits per heavy atom. The number of thioether (sulfide) groups is 1. The van der Waals surface area contributed by atoms with E-state index in [4.69, 9.17) is 0 Å². The van der Waals surface area contributed by atoms with Gasteiger partial charge in [-0.05, 0) is 54.5 Å². The lowest BCUT2D eigenvalue weighted by atomic mass is 9.77. The molecule has 1 heterocycles. The number of imide groups is 1. The fourth-order valence-electron chi connectivity index (χ4n) is 3.88. The molecule has 2 aliphatic rings. The van der Waals surface area contributed by atoms with E-state index in [1.807, 2.05) is 42.5 Å². The zero-order chi connectivity index (χ0) is 19.7. The highest BCUT2D eigenvalue weighted by atomic mass is 32.2. The van der Waals surface area contributed by atoms with Crippen LogP contribution in [0, 0.1) is 5.92 Å². The molecular weight excluding hydrogens is 374 g/mol. The van der Waals surface area contributed by atoms with Gasteiger partial charge in [-0.25, -0.2) is 4.79 Å². The van der Waals surface area contributed by atoms with Crippen LogP contribution in [-0.2, 0) is 9.59 Å². The van der Waals surface area contributed by atoms with Gasteiger partial charge in [0.2, 0.25) is 5.91 Å². The Morgan fingerprint density at radius 2 is 1.89 bits per heavy atom. The summed E-state index contributed by atoms with van der Waals surface area (Å²) in [6, 6.07) is 13.5. The first kappa shape index (κ1) is 18.8. The van der Waals surface area contributed by atoms with Gasteiger partial charge in [0.05, 0.1) is 5.75 Å². The summed E-state index contributed by atoms with van der Waals surface area (Å²) in [6.45, 7) is 2.15. The molecule has 0 unspecified atom stereocenters. The highest BCUT2D eigenvalue weighted by molar-refractivity contribution is 8.00. The predicted octanol–water partition coefficient (Wildman–Crippen LogP) is 3.46. The lowest BCUT2D eigenvalue weighted by molar-refractivity contribution is -0.139. The van der Waals surface area contributed by atoms with Gasteiger partial charge in [-0.3, -0.25) is 15.0 Å². The van der Waals surface area contributed by atoms with Crippen molar-refractivity contribution in [3.63, 3.8) is 0 Å². The van der Waals surface area contributed by atoms with Crippen LogP contribution < -0.4 is 10.7 Å². The minimum Gasteiger partial charge on any atom is -0.322 e. The number of hydrazine groups is 1. The van der Waals surface area contributed by atoms with Gasteiger partial charge in [0, 0.05) is 4.90 Å². The van der Waals surface area contributed by atoms with E-state index >= 15 is 0 Å². The van der Waals surface area contributed by atoms with E-state index in [0.29, 0.717) is 18.8 Å². The summed E-state index contributed by atoms with van der Waals surface area (Å²) in [5.41, 5.74) is 1.64. The molecule has 0 atom stereocenters. The minimum atomic E-state index is -0.845. The number of hydrogen-bond donors (Lipinski definition) is 2. The molecule has 28 heavy (non-hydrogen) atoms. The first-order valence-corrected chi connectivity index (χ1v) is 10.5. The minimum absolute atomic E-state index is 0.124. The van der Waals surface area contributed by atoms with Crippen LogP contribution in [0.25, 0.3) is 10.8 Å². The number of nitrogens with one attached hydrogen (secondary N) is 2. The summed E-state index contributed by atoms with van der Waals surface area (Å²) in [5.74, 6) is -0.0342. The van der Waals surface area contributed by atoms with Crippen LogP contribution in [0.15, 0.2) is 47.4 Å². The van der Waals surface area contributed by atoms with Crippen LogP contribution in [0.2, 0.25) is 0 Å². The third-order valence-electron chi connectivity index (χ3n) is 5.62. The van der Waals surface area contributed by atoms with Crippen LogP contribution in [-0.4, -0.2) is 34.1 Å². The molecule has 1 saturated carbocycles. The molecule has 4 rings (SSSR count). The summed E-state index contributed by atoms with van der Waals surface area (Å²) in [5, 5.41) is 5.91. The number of rotatable bonds is 4. The molecule has 2 N–H and O–H groups in total. The van der Waals surface area contributed by atoms with Crippen molar-refractivity contribution in [1.29, 1.82) is 0 Å². The molecule has 1 spiro atoms. The van der Waals surface area contributed by atoms with E-state index in [9.17, 15) is 14.4 Å². The molecule has 7 heteroatoms. The normalized spacial score (nSPS) is 24.6. The maximum absolute atomic E-state index is 12.8. The highest BCUT2D eigenvalue weighted by Crippen LogP contribution is 2.35. The lowest BCUT2D eigenvalue weighted by Gasteiger charge is -2.33. The van der Waals surface area contributed by atoms with Gasteiger partial charge in [0.25, 0.3) is 5.91 Å². The average molecular weight is 398 g/mol. The quantitative estimate of drug-likeness (QED) is 0.612. The largest absolute Gasteiger partial charge is 0.344 e. The van der Waals surface area contributed by atoms with Gasteiger partial charge >= 0.3 is 6.03 Å². The number of carbonyl (C=O) groups excluding carboxylic acids is 3. The molecule has 0 radical (unpaired) electrons. The molecule has 0 bridgehead atoms. The number of amides is 4. The van der Waals surface area contributed by atoms with Crippen LogP contribution in [0.1, 0.15) is 32.6 Å². The molecule has 2 aromatic carbocycles. The maximum Gasteiger partial charge on any atom is 0.344 e. The van der Waals surface area contributed by atoms with E-state index in [1.165, 1.54) is 11.8 Å². The van der Waals surface area contributed by atoms with Crippen molar-refractivity contribution in [3.8, 4) is 0 Å². The van der Waals surface area contributed by atoms with Crippen LogP contribution in [0.4, 0.5) is 4.79 Å². The van der Waals surface area contributed by atoms with Gasteiger partial charge < -0.3 is 5.32 Å². The first-order valence-electron chi connectivity index (χ1n) is 9.55. The monoisotopic (exact) mass is 397 g/mol. The molecule has 1 saturated heterocycles. The number of hydrogen-bond acceptors (Lipinski definition) is 4. The van der Waals surface area contributed by atoms with Gasteiger partial charge in [0.1, 0.15) is 5.54 Å². The van der Waals surface area contributed by atoms with Gasteiger partial charge in [0.15, 0.2) is 0 Å². The van der Waals surface area contributed by atoms with Crippen molar-refractivity contribution < 1.29 is 14.4 Å². The molecule has 4 amide bonds. The summed E-state index contributed by atoms with van der Waals surface area (Å²) >= 11 is 1.37. The SMILES string of the molecule is CC1CCC2(CC1)NC(=O)N(NC(=O)CSc1ccc3ccccc3c1)C2=O. The Hall–Kier alpha value is -2.54. The number of benzene rings is 2. The summed E-state index contributed by atoms with van der Waals surface area (Å²) in [4.78, 5) is 38.4. The zero-order valence-corrected chi connectivity index (χ0v) is 16.6. The topological polar surface area (TPSA) is 78.5 Å². The molecule has 1 aliphatic carbocycles. The summed E-state index contributed by atoms with van der Waals surface area (Å²) < 4.78 is 0. The molecule has 2 aromatic rings. The van der Waals surface area contributed by atoms with Crippen LogP contribution in [0.3, 0.4) is 0 Å². The second-order valence-electron chi connectivity index (χ2n) is 7.67. The fourth-order valence-corrected chi connectivity index (χ4v) is 4.62. The van der Waals surface area contributed by atoms with Gasteiger partial charge in [-0.15, -0.1) is 11.8 Å². The Bertz CT molecular complexity index is 937. The Morgan fingerprint density at radius 1 is 1.18 bits per heavy atom. The van der Waals surface area contributed by atoms with E-state index < -0.39 is 11.6 Å². The molecule has 1 aliphatic heterocycles. The average Bonchev–Trinajstić information content (AvgIpc) is 2.93. The number of urea groups is 1. The third-order valence-corrected chi connectivity index (χ3v) is 6.61. The van der Waals surface area contributed by atoms with Crippen molar-refractivity contribution in [3.05, 3.63) is 42.5 Å². The van der Waals surface area contributed by atoms with Crippen molar-refractivity contribution in [2.45, 2.75) is 43.0 Å². The van der Waals surface area contributed by atoms with Crippen molar-refractivity contribution in [1.82, 2.24) is 15.8 Å². The molecule has 2 fully saturated rings. The van der Waals surface area contributed by atoms with E-state index in [1.54, 1.807) is 0 Å². The van der Waals surface area contributed by atoms with Crippen molar-refractivity contribution >= 4 is 40.4 Å². The molecule has 0 aromatic heterocycles. The fraction of sp³-hybridized carbons (Fsp3) is 0.381. The molecular formula is C21H23N3O3S. The first-order chi connectivity index (χ1) is 13.5. The second kappa shape index (κ2) is 7.47. The Labute approximate surface area is 168 Å². The maximum atomic E-state index is 12.8. The number of carbonyl (C=O) groups is 3. The second-order valence-corrected chi connectivity index (χ2v) is 8.72. The van der Waals surface area contributed by atoms with E-state index in [-0.39, 0.29) is 17.6 Å². The van der Waals surface area contributed by atoms with Crippen molar-refractivity contribution in [2.75, 3.05) is 5.75 Å². The summed E-state index contributed by atoms with van der Waals surface area (Å²) in [7, 11) is 0. The number of fused-ring (bicyclic) bond motifs is 1. The standard InChI is InChI=1S/C21H23N3O3S/c1-14-8-10-21(11-9-14)19(26)24(20(27)22-21)23-18(25)13-28-17-7-6-15-4-2-3-5-16(15)12-17/h2-7,12,14H,8-11,13H2,1H3,(H,22,27)(H,23,25). The smallest absolute Gasteiger partial charge is 0.322 e. The Kier molecular flexibility index (Phi) is 5.02. The molecule has 6 nitrogen and oxygen atoms in total. The van der Waals surface area contributed by atoms with E-state index in [0.717, 1.165) is 33.5 Å². The summed E-state index contributed by atoms with van der Waals surface area (Å²) in [6.07, 6.45) is 3.03. The predicted molar refractivity (Wildman–Crippen MR) is 109 cm³/mol. The third kappa shape index (κ3) is 3.58. The van der Waals surface area contributed by atoms with Crippen LogP contribution in [0.5, 0.6) is 0 Å². The number of nitrogens with zero attached hydrogens (tertiary/aromatic N) is 1. The molecule has 146 valence electrons. The van der Waals surface area contributed by atoms with Gasteiger partial charge in [-0.2, -0.15) is 5.01 Å². The van der Waals surface area contributed by atoms with Crippen molar-refractivity contribution in [2.24, 2.45) is 5.92 Å².